The van der Waals surface area contributed by atoms with Crippen molar-refractivity contribution in [3.8, 4) is 0 Å². The van der Waals surface area contributed by atoms with Gasteiger partial charge in [-0.1, -0.05) is 35.1 Å². The van der Waals surface area contributed by atoms with E-state index in [0.29, 0.717) is 12.0 Å². The minimum absolute atomic E-state index is 0. The van der Waals surface area contributed by atoms with Crippen LogP contribution in [0.3, 0.4) is 0 Å². The largest absolute Gasteiger partial charge is 0.381 e. The van der Waals surface area contributed by atoms with E-state index < -0.39 is 0 Å². The Balaban J connectivity index is 0. The maximum Gasteiger partial charge on any atom is 0.0750 e. The fourth-order valence-electron chi connectivity index (χ4n) is 1.95. The summed E-state index contributed by atoms with van der Waals surface area (Å²) in [6, 6.07) is 0. The van der Waals surface area contributed by atoms with Crippen molar-refractivity contribution in [1.82, 2.24) is 5.32 Å². The van der Waals surface area contributed by atoms with Crippen molar-refractivity contribution in [2.45, 2.75) is 54.1 Å². The molecule has 2 aliphatic rings. The van der Waals surface area contributed by atoms with Crippen molar-refractivity contribution in [1.29, 1.82) is 0 Å². The van der Waals surface area contributed by atoms with E-state index in [9.17, 15) is 0 Å². The zero-order chi connectivity index (χ0) is 12.2. The van der Waals surface area contributed by atoms with Crippen LogP contribution in [-0.2, 0) is 9.47 Å². The molecule has 2 atom stereocenters. The summed E-state index contributed by atoms with van der Waals surface area (Å²) in [7, 11) is 0. The van der Waals surface area contributed by atoms with Crippen LogP contribution < -0.4 is 5.32 Å². The van der Waals surface area contributed by atoms with Crippen molar-refractivity contribution in [2.75, 3.05) is 32.9 Å². The van der Waals surface area contributed by atoms with Gasteiger partial charge < -0.3 is 14.8 Å². The van der Waals surface area contributed by atoms with Crippen LogP contribution in [0.15, 0.2) is 0 Å². The van der Waals surface area contributed by atoms with Crippen LogP contribution in [0, 0.1) is 5.92 Å². The molecule has 106 valence electrons. The highest BCUT2D eigenvalue weighted by atomic mass is 16.5. The van der Waals surface area contributed by atoms with Crippen LogP contribution in [0.4, 0.5) is 0 Å². The minimum Gasteiger partial charge on any atom is -0.381 e. The zero-order valence-corrected chi connectivity index (χ0v) is 11.4. The van der Waals surface area contributed by atoms with E-state index in [4.69, 9.17) is 9.47 Å². The molecule has 0 saturated carbocycles. The van der Waals surface area contributed by atoms with Crippen molar-refractivity contribution in [3.63, 3.8) is 0 Å². The quantitative estimate of drug-likeness (QED) is 0.772. The Morgan fingerprint density at radius 3 is 2.24 bits per heavy atom. The van der Waals surface area contributed by atoms with Gasteiger partial charge in [-0.25, -0.2) is 0 Å². The maximum absolute atomic E-state index is 5.67. The third-order valence-corrected chi connectivity index (χ3v) is 2.68. The van der Waals surface area contributed by atoms with Crippen molar-refractivity contribution >= 4 is 0 Å². The molecule has 0 aromatic heterocycles. The van der Waals surface area contributed by atoms with E-state index in [1.165, 1.54) is 12.8 Å². The first-order valence-electron chi connectivity index (χ1n) is 6.87. The predicted molar refractivity (Wildman–Crippen MR) is 75.6 cm³/mol. The molecular weight excluding hydrogens is 214 g/mol. The molecule has 17 heavy (non-hydrogen) atoms. The lowest BCUT2D eigenvalue weighted by atomic mass is 9.95. The van der Waals surface area contributed by atoms with Gasteiger partial charge in [0.2, 0.25) is 0 Å². The van der Waals surface area contributed by atoms with Crippen LogP contribution in [-0.4, -0.2) is 39.0 Å². The Kier molecular flexibility index (Phi) is 15.8. The van der Waals surface area contributed by atoms with Crippen molar-refractivity contribution < 1.29 is 9.47 Å². The Hall–Kier alpha value is -0.120. The highest BCUT2D eigenvalue weighted by Crippen LogP contribution is 2.20. The summed E-state index contributed by atoms with van der Waals surface area (Å²) in [5, 5.41) is 3.35. The van der Waals surface area contributed by atoms with Gasteiger partial charge in [0.1, 0.15) is 0 Å². The topological polar surface area (TPSA) is 30.5 Å². The molecule has 2 rings (SSSR count). The summed E-state index contributed by atoms with van der Waals surface area (Å²) in [6.45, 7) is 12.7. The molecule has 0 radical (unpaired) electrons. The van der Waals surface area contributed by atoms with E-state index in [-0.39, 0.29) is 7.43 Å². The Morgan fingerprint density at radius 1 is 1.06 bits per heavy atom. The fraction of sp³-hybridized carbons (Fsp3) is 1.00. The van der Waals surface area contributed by atoms with Gasteiger partial charge >= 0.3 is 0 Å². The molecule has 2 aliphatic heterocycles. The van der Waals surface area contributed by atoms with E-state index in [1.807, 2.05) is 27.7 Å². The molecule has 0 aromatic carbocycles. The molecule has 0 spiro atoms. The molecule has 3 heteroatoms. The van der Waals surface area contributed by atoms with Crippen LogP contribution in [0.1, 0.15) is 48.0 Å². The third-order valence-electron chi connectivity index (χ3n) is 2.68. The van der Waals surface area contributed by atoms with Crippen molar-refractivity contribution in [3.05, 3.63) is 0 Å². The number of morpholine rings is 1. The number of hydrogen-bond acceptors (Lipinski definition) is 3. The number of nitrogens with one attached hydrogen (secondary N) is 1. The normalized spacial score (nSPS) is 27.5. The molecule has 0 amide bonds. The van der Waals surface area contributed by atoms with Gasteiger partial charge in [-0.2, -0.15) is 0 Å². The third kappa shape index (κ3) is 7.74. The zero-order valence-electron chi connectivity index (χ0n) is 11.4. The molecule has 0 aromatic rings. The molecule has 2 saturated heterocycles. The first-order chi connectivity index (χ1) is 7.97. The van der Waals surface area contributed by atoms with Gasteiger partial charge in [-0.3, -0.25) is 0 Å². The van der Waals surface area contributed by atoms with Crippen molar-refractivity contribution in [2.24, 2.45) is 5.92 Å². The number of ether oxygens (including phenoxy) is 2. The standard InChI is InChI=1S/C9H17NO2.2C2H6.CH4/c1-2-8(7-11-4-1)9-6-10-3-5-12-9;2*1-2;/h8-10H,1-7H2;2*1-2H3;1H4. The van der Waals surface area contributed by atoms with E-state index in [1.54, 1.807) is 0 Å². The Bertz CT molecular complexity index is 114. The molecule has 1 N–H and O–H groups in total. The molecule has 2 heterocycles. The number of rotatable bonds is 1. The van der Waals surface area contributed by atoms with Crippen LogP contribution in [0.2, 0.25) is 0 Å². The average molecular weight is 247 g/mol. The van der Waals surface area contributed by atoms with Crippen LogP contribution in [0.25, 0.3) is 0 Å². The van der Waals surface area contributed by atoms with E-state index >= 15 is 0 Å². The van der Waals surface area contributed by atoms with Gasteiger partial charge in [-0.05, 0) is 12.8 Å². The molecule has 0 aliphatic carbocycles. The number of hydrogen-bond donors (Lipinski definition) is 1. The summed E-state index contributed by atoms with van der Waals surface area (Å²) in [6.07, 6.45) is 2.87. The molecule has 2 fully saturated rings. The van der Waals surface area contributed by atoms with Gasteiger partial charge in [0.05, 0.1) is 19.3 Å². The lowest BCUT2D eigenvalue weighted by molar-refractivity contribution is -0.0586. The first-order valence-corrected chi connectivity index (χ1v) is 6.87. The maximum atomic E-state index is 5.67. The van der Waals surface area contributed by atoms with E-state index in [0.717, 1.165) is 32.9 Å². The predicted octanol–water partition coefficient (Wildman–Crippen LogP) is 3.09. The second kappa shape index (κ2) is 13.9. The summed E-state index contributed by atoms with van der Waals surface area (Å²) in [5.74, 6) is 0.631. The lowest BCUT2D eigenvalue weighted by Crippen LogP contribution is -2.44. The summed E-state index contributed by atoms with van der Waals surface area (Å²) in [5.41, 5.74) is 0. The SMILES string of the molecule is C.C1COCC(C2CNCCO2)C1.CC.CC. The van der Waals surface area contributed by atoms with E-state index in [2.05, 4.69) is 5.32 Å². The second-order valence-corrected chi connectivity index (χ2v) is 3.59. The minimum atomic E-state index is 0. The summed E-state index contributed by atoms with van der Waals surface area (Å²) < 4.78 is 11.1. The Morgan fingerprint density at radius 2 is 1.76 bits per heavy atom. The van der Waals surface area contributed by atoms with Crippen LogP contribution in [0.5, 0.6) is 0 Å². The Labute approximate surface area is 108 Å². The smallest absolute Gasteiger partial charge is 0.0750 e. The molecule has 0 bridgehead atoms. The second-order valence-electron chi connectivity index (χ2n) is 3.59. The summed E-state index contributed by atoms with van der Waals surface area (Å²) >= 11 is 0. The molecular formula is C14H33NO2. The van der Waals surface area contributed by atoms with Gasteiger partial charge in [-0.15, -0.1) is 0 Å². The summed E-state index contributed by atoms with van der Waals surface area (Å²) in [4.78, 5) is 0. The van der Waals surface area contributed by atoms with Gasteiger partial charge in [0.15, 0.2) is 0 Å². The molecule has 3 nitrogen and oxygen atoms in total. The van der Waals surface area contributed by atoms with Gasteiger partial charge in [0.25, 0.3) is 0 Å². The first kappa shape index (κ1) is 19.2. The lowest BCUT2D eigenvalue weighted by Gasteiger charge is -2.33. The fourth-order valence-corrected chi connectivity index (χ4v) is 1.95. The highest BCUT2D eigenvalue weighted by molar-refractivity contribution is 4.77. The monoisotopic (exact) mass is 247 g/mol. The van der Waals surface area contributed by atoms with Crippen LogP contribution >= 0.6 is 0 Å². The van der Waals surface area contributed by atoms with Gasteiger partial charge in [0, 0.05) is 25.6 Å². The average Bonchev–Trinajstić information content (AvgIpc) is 2.45. The molecule has 2 unspecified atom stereocenters. The highest BCUT2D eigenvalue weighted by Gasteiger charge is 2.26.